The molecule has 3 heteroatoms. The lowest BCUT2D eigenvalue weighted by Crippen LogP contribution is -1.99. The summed E-state index contributed by atoms with van der Waals surface area (Å²) >= 11 is 0. The van der Waals surface area contributed by atoms with Crippen LogP contribution in [-0.2, 0) is 6.42 Å². The maximum absolute atomic E-state index is 13.9. The first-order chi connectivity index (χ1) is 8.74. The molecule has 0 aliphatic heterocycles. The molecular weight excluding hydrogens is 232 g/mol. The maximum atomic E-state index is 13.9. The molecule has 0 aliphatic carbocycles. The molecule has 0 aliphatic rings. The van der Waals surface area contributed by atoms with Crippen molar-refractivity contribution in [3.8, 4) is 11.3 Å². The maximum Gasteiger partial charge on any atom is 0.162 e. The van der Waals surface area contributed by atoms with Gasteiger partial charge in [0.2, 0.25) is 0 Å². The average molecular weight is 247 g/mol. The summed E-state index contributed by atoms with van der Waals surface area (Å²) < 4.78 is 27.2. The number of pyridine rings is 1. The topological polar surface area (TPSA) is 12.9 Å². The van der Waals surface area contributed by atoms with E-state index in [1.807, 2.05) is 19.1 Å². The van der Waals surface area contributed by atoms with Gasteiger partial charge in [-0.1, -0.05) is 19.4 Å². The largest absolute Gasteiger partial charge is 0.256 e. The van der Waals surface area contributed by atoms with Crippen molar-refractivity contribution in [2.75, 3.05) is 0 Å². The molecule has 0 N–H and O–H groups in total. The van der Waals surface area contributed by atoms with Gasteiger partial charge in [-0.25, -0.2) is 8.78 Å². The van der Waals surface area contributed by atoms with E-state index in [2.05, 4.69) is 4.98 Å². The molecule has 0 bridgehead atoms. The summed E-state index contributed by atoms with van der Waals surface area (Å²) in [5, 5.41) is 0. The molecule has 2 rings (SSSR count). The summed E-state index contributed by atoms with van der Waals surface area (Å²) in [7, 11) is 0. The van der Waals surface area contributed by atoms with E-state index in [9.17, 15) is 8.78 Å². The average Bonchev–Trinajstić information content (AvgIpc) is 2.41. The highest BCUT2D eigenvalue weighted by Crippen LogP contribution is 2.27. The minimum absolute atomic E-state index is 0.426. The van der Waals surface area contributed by atoms with Crippen molar-refractivity contribution in [3.63, 3.8) is 0 Å². The molecule has 0 amide bonds. The van der Waals surface area contributed by atoms with Gasteiger partial charge in [0.05, 0.1) is 5.69 Å². The molecule has 1 aromatic carbocycles. The Kier molecular flexibility index (Phi) is 4.03. The Morgan fingerprint density at radius 3 is 2.61 bits per heavy atom. The van der Waals surface area contributed by atoms with Gasteiger partial charge in [-0.05, 0) is 37.1 Å². The normalized spacial score (nSPS) is 10.6. The SMILES string of the molecule is CCCCc1c(-c2ccccn2)ccc(F)c1F. The predicted octanol–water partition coefficient (Wildman–Crippen LogP) is 4.37. The molecule has 94 valence electrons. The zero-order valence-electron chi connectivity index (χ0n) is 10.3. The number of nitrogens with zero attached hydrogens (tertiary/aromatic N) is 1. The van der Waals surface area contributed by atoms with E-state index >= 15 is 0 Å². The van der Waals surface area contributed by atoms with Crippen molar-refractivity contribution in [2.45, 2.75) is 26.2 Å². The molecule has 0 unspecified atom stereocenters. The second-order valence-electron chi connectivity index (χ2n) is 4.21. The van der Waals surface area contributed by atoms with Gasteiger partial charge in [0, 0.05) is 17.3 Å². The van der Waals surface area contributed by atoms with Gasteiger partial charge in [0.25, 0.3) is 0 Å². The first-order valence-corrected chi connectivity index (χ1v) is 6.12. The number of benzene rings is 1. The van der Waals surface area contributed by atoms with Gasteiger partial charge in [0.15, 0.2) is 11.6 Å². The minimum atomic E-state index is -0.791. The smallest absolute Gasteiger partial charge is 0.162 e. The van der Waals surface area contributed by atoms with Crippen molar-refractivity contribution in [1.29, 1.82) is 0 Å². The van der Waals surface area contributed by atoms with Gasteiger partial charge in [-0.2, -0.15) is 0 Å². The Labute approximate surface area is 105 Å². The van der Waals surface area contributed by atoms with E-state index in [-0.39, 0.29) is 0 Å². The Balaban J connectivity index is 2.50. The van der Waals surface area contributed by atoms with E-state index in [1.165, 1.54) is 0 Å². The number of hydrogen-bond donors (Lipinski definition) is 0. The van der Waals surface area contributed by atoms with Crippen LogP contribution in [0.5, 0.6) is 0 Å². The van der Waals surface area contributed by atoms with Gasteiger partial charge in [-0.3, -0.25) is 4.98 Å². The summed E-state index contributed by atoms with van der Waals surface area (Å²) in [6, 6.07) is 8.21. The monoisotopic (exact) mass is 247 g/mol. The molecule has 0 fully saturated rings. The summed E-state index contributed by atoms with van der Waals surface area (Å²) in [4.78, 5) is 4.20. The first kappa shape index (κ1) is 12.7. The third kappa shape index (κ3) is 2.55. The summed E-state index contributed by atoms with van der Waals surface area (Å²) in [5.41, 5.74) is 1.79. The third-order valence-electron chi connectivity index (χ3n) is 2.92. The highest BCUT2D eigenvalue weighted by Gasteiger charge is 2.14. The molecule has 0 radical (unpaired) electrons. The van der Waals surface area contributed by atoms with E-state index in [0.29, 0.717) is 23.2 Å². The Hall–Kier alpha value is -1.77. The molecule has 0 spiro atoms. The number of aromatic nitrogens is 1. The zero-order chi connectivity index (χ0) is 13.0. The number of rotatable bonds is 4. The second kappa shape index (κ2) is 5.71. The van der Waals surface area contributed by atoms with Gasteiger partial charge in [-0.15, -0.1) is 0 Å². The summed E-state index contributed by atoms with van der Waals surface area (Å²) in [5.74, 6) is -1.53. The van der Waals surface area contributed by atoms with Crippen LogP contribution in [0, 0.1) is 11.6 Å². The number of unbranched alkanes of at least 4 members (excludes halogenated alkanes) is 1. The van der Waals surface area contributed by atoms with Crippen LogP contribution in [0.4, 0.5) is 8.78 Å². The fourth-order valence-corrected chi connectivity index (χ4v) is 1.95. The fourth-order valence-electron chi connectivity index (χ4n) is 1.95. The Morgan fingerprint density at radius 1 is 1.11 bits per heavy atom. The van der Waals surface area contributed by atoms with Crippen LogP contribution >= 0.6 is 0 Å². The molecule has 18 heavy (non-hydrogen) atoms. The van der Waals surface area contributed by atoms with Gasteiger partial charge < -0.3 is 0 Å². The molecule has 1 heterocycles. The molecule has 1 aromatic heterocycles. The van der Waals surface area contributed by atoms with Crippen LogP contribution in [0.15, 0.2) is 36.5 Å². The standard InChI is InChI=1S/C15H15F2N/c1-2-3-6-12-11(8-9-13(16)15(12)17)14-7-4-5-10-18-14/h4-5,7-10H,2-3,6H2,1H3. The third-order valence-corrected chi connectivity index (χ3v) is 2.92. The second-order valence-corrected chi connectivity index (χ2v) is 4.21. The van der Waals surface area contributed by atoms with E-state index in [1.54, 1.807) is 18.3 Å². The quantitative estimate of drug-likeness (QED) is 0.781. The lowest BCUT2D eigenvalue weighted by atomic mass is 9.98. The highest BCUT2D eigenvalue weighted by atomic mass is 19.2. The van der Waals surface area contributed by atoms with E-state index < -0.39 is 11.6 Å². The molecule has 0 saturated carbocycles. The van der Waals surface area contributed by atoms with Crippen LogP contribution < -0.4 is 0 Å². The molecule has 0 atom stereocenters. The van der Waals surface area contributed by atoms with Crippen LogP contribution in [-0.4, -0.2) is 4.98 Å². The molecule has 0 saturated heterocycles. The zero-order valence-corrected chi connectivity index (χ0v) is 10.3. The highest BCUT2D eigenvalue weighted by molar-refractivity contribution is 5.63. The van der Waals surface area contributed by atoms with Crippen molar-refractivity contribution < 1.29 is 8.78 Å². The fraction of sp³-hybridized carbons (Fsp3) is 0.267. The number of hydrogen-bond acceptors (Lipinski definition) is 1. The van der Waals surface area contributed by atoms with Crippen molar-refractivity contribution in [3.05, 3.63) is 53.7 Å². The van der Waals surface area contributed by atoms with E-state index in [0.717, 1.165) is 18.9 Å². The van der Waals surface area contributed by atoms with Crippen LogP contribution in [0.1, 0.15) is 25.3 Å². The molecule has 2 aromatic rings. The summed E-state index contributed by atoms with van der Waals surface area (Å²) in [6.07, 6.45) is 3.96. The van der Waals surface area contributed by atoms with Crippen LogP contribution in [0.25, 0.3) is 11.3 Å². The van der Waals surface area contributed by atoms with Gasteiger partial charge >= 0.3 is 0 Å². The first-order valence-electron chi connectivity index (χ1n) is 6.12. The molecule has 1 nitrogen and oxygen atoms in total. The Morgan fingerprint density at radius 2 is 1.94 bits per heavy atom. The van der Waals surface area contributed by atoms with Crippen molar-refractivity contribution in [1.82, 2.24) is 4.98 Å². The summed E-state index contributed by atoms with van der Waals surface area (Å²) in [6.45, 7) is 2.03. The number of halogens is 2. The minimum Gasteiger partial charge on any atom is -0.256 e. The van der Waals surface area contributed by atoms with Gasteiger partial charge in [0.1, 0.15) is 0 Å². The van der Waals surface area contributed by atoms with Crippen LogP contribution in [0.2, 0.25) is 0 Å². The van der Waals surface area contributed by atoms with Crippen molar-refractivity contribution in [2.24, 2.45) is 0 Å². The van der Waals surface area contributed by atoms with Crippen molar-refractivity contribution >= 4 is 0 Å². The van der Waals surface area contributed by atoms with Crippen LogP contribution in [0.3, 0.4) is 0 Å². The Bertz CT molecular complexity index is 524. The molecular formula is C15H15F2N. The van der Waals surface area contributed by atoms with E-state index in [4.69, 9.17) is 0 Å². The predicted molar refractivity (Wildman–Crippen MR) is 68.2 cm³/mol. The lowest BCUT2D eigenvalue weighted by molar-refractivity contribution is 0.497. The lowest BCUT2D eigenvalue weighted by Gasteiger charge is -2.10.